The van der Waals surface area contributed by atoms with Crippen molar-refractivity contribution in [2.45, 2.75) is 0 Å². The summed E-state index contributed by atoms with van der Waals surface area (Å²) >= 11 is 0. The quantitative estimate of drug-likeness (QED) is 0.541. The van der Waals surface area contributed by atoms with Gasteiger partial charge in [-0.25, -0.2) is 9.97 Å². The van der Waals surface area contributed by atoms with Crippen molar-refractivity contribution in [3.05, 3.63) is 60.4 Å². The fourth-order valence-electron chi connectivity index (χ4n) is 2.11. The zero-order valence-corrected chi connectivity index (χ0v) is 12.5. The zero-order valence-electron chi connectivity index (χ0n) is 12.5. The Morgan fingerprint density at radius 3 is 2.83 bits per heavy atom. The lowest BCUT2D eigenvalue weighted by Crippen LogP contribution is -2.29. The molecule has 0 amide bonds. The highest BCUT2D eigenvalue weighted by molar-refractivity contribution is 5.89. The Hall–Kier alpha value is -3.48. The van der Waals surface area contributed by atoms with Crippen molar-refractivity contribution in [3.63, 3.8) is 0 Å². The molecule has 0 aliphatic carbocycles. The molecule has 0 fully saturated rings. The Morgan fingerprint density at radius 1 is 1.17 bits per heavy atom. The number of nitrogens with zero attached hydrogens (tertiary/aromatic N) is 3. The maximum Gasteiger partial charge on any atom is 0.157 e. The summed E-state index contributed by atoms with van der Waals surface area (Å²) in [5.74, 6) is -0.308. The summed E-state index contributed by atoms with van der Waals surface area (Å²) in [6, 6.07) is 14.5. The molecule has 0 saturated carbocycles. The number of aliphatic carboxylic acids is 1. The molecule has 1 heterocycles. The molecule has 1 N–H and O–H groups in total. The third kappa shape index (κ3) is 3.64. The second-order valence-corrected chi connectivity index (χ2v) is 4.81. The molecule has 2 aromatic carbocycles. The number of hydrazone groups is 1. The molecular weight excluding hydrogens is 308 g/mol. The number of carboxylic acid groups (broad SMARTS) is 1. The number of ether oxygens (including phenoxy) is 1. The Labute approximate surface area is 137 Å². The van der Waals surface area contributed by atoms with E-state index >= 15 is 0 Å². The van der Waals surface area contributed by atoms with Crippen molar-refractivity contribution < 1.29 is 14.6 Å². The van der Waals surface area contributed by atoms with E-state index in [1.165, 1.54) is 12.5 Å². The minimum Gasteiger partial charge on any atom is -0.546 e. The van der Waals surface area contributed by atoms with Crippen LogP contribution in [0.3, 0.4) is 0 Å². The molecule has 7 heteroatoms. The van der Waals surface area contributed by atoms with Gasteiger partial charge in [0.15, 0.2) is 5.82 Å². The molecule has 0 saturated heterocycles. The molecular formula is C17H13N4O3-. The molecule has 7 nitrogen and oxygen atoms in total. The molecule has 0 radical (unpaired) electrons. The number of para-hydroxylation sites is 2. The van der Waals surface area contributed by atoms with E-state index in [2.05, 4.69) is 20.5 Å². The molecule has 3 rings (SSSR count). The fourth-order valence-corrected chi connectivity index (χ4v) is 2.11. The van der Waals surface area contributed by atoms with E-state index in [9.17, 15) is 9.90 Å². The molecule has 1 aromatic heterocycles. The Bertz CT molecular complexity index is 890. The van der Waals surface area contributed by atoms with E-state index in [1.54, 1.807) is 24.3 Å². The van der Waals surface area contributed by atoms with E-state index in [-0.39, 0.29) is 0 Å². The molecule has 0 bridgehead atoms. The van der Waals surface area contributed by atoms with E-state index in [0.717, 1.165) is 10.9 Å². The van der Waals surface area contributed by atoms with Crippen LogP contribution in [0.2, 0.25) is 0 Å². The zero-order chi connectivity index (χ0) is 16.8. The van der Waals surface area contributed by atoms with Gasteiger partial charge in [0, 0.05) is 10.9 Å². The fraction of sp³-hybridized carbons (Fsp3) is 0.0588. The summed E-state index contributed by atoms with van der Waals surface area (Å²) in [5, 5.41) is 15.5. The van der Waals surface area contributed by atoms with Gasteiger partial charge >= 0.3 is 0 Å². The van der Waals surface area contributed by atoms with Crippen LogP contribution >= 0.6 is 0 Å². The van der Waals surface area contributed by atoms with E-state index in [0.29, 0.717) is 17.1 Å². The van der Waals surface area contributed by atoms with Crippen LogP contribution < -0.4 is 15.3 Å². The number of hydrogen-bond donors (Lipinski definition) is 1. The number of benzene rings is 2. The van der Waals surface area contributed by atoms with Crippen LogP contribution in [0.4, 0.5) is 5.82 Å². The Balaban J connectivity index is 1.78. The van der Waals surface area contributed by atoms with Gasteiger partial charge in [-0.15, -0.1) is 0 Å². The number of hydrogen-bond acceptors (Lipinski definition) is 7. The second-order valence-electron chi connectivity index (χ2n) is 4.81. The van der Waals surface area contributed by atoms with E-state index in [4.69, 9.17) is 4.74 Å². The minimum atomic E-state index is -1.28. The summed E-state index contributed by atoms with van der Waals surface area (Å²) in [4.78, 5) is 18.9. The Kier molecular flexibility index (Phi) is 4.62. The smallest absolute Gasteiger partial charge is 0.157 e. The van der Waals surface area contributed by atoms with Crippen molar-refractivity contribution in [2.24, 2.45) is 5.10 Å². The lowest BCUT2D eigenvalue weighted by Gasteiger charge is -2.09. The first-order valence-electron chi connectivity index (χ1n) is 7.14. The second kappa shape index (κ2) is 7.19. The lowest BCUT2D eigenvalue weighted by atomic mass is 10.2. The number of rotatable bonds is 6. The summed E-state index contributed by atoms with van der Waals surface area (Å²) in [6.07, 6.45) is 2.98. The van der Waals surface area contributed by atoms with Crippen LogP contribution in [0.15, 0.2) is 60.0 Å². The van der Waals surface area contributed by atoms with Crippen LogP contribution in [-0.2, 0) is 4.79 Å². The summed E-state index contributed by atoms with van der Waals surface area (Å²) < 4.78 is 5.16. The van der Waals surface area contributed by atoms with Crippen molar-refractivity contribution in [1.82, 2.24) is 9.97 Å². The SMILES string of the molecule is O=C([O-])COc1ccccc1/C=N\Nc1ncnc2ccccc12. The lowest BCUT2D eigenvalue weighted by molar-refractivity contribution is -0.307. The molecule has 120 valence electrons. The maximum atomic E-state index is 10.5. The molecule has 0 unspecified atom stereocenters. The van der Waals surface area contributed by atoms with Crippen molar-refractivity contribution in [1.29, 1.82) is 0 Å². The van der Waals surface area contributed by atoms with E-state index < -0.39 is 12.6 Å². The van der Waals surface area contributed by atoms with Crippen LogP contribution in [0, 0.1) is 0 Å². The standard InChI is InChI=1S/C17H14N4O3/c22-16(23)10-24-15-8-4-1-5-12(15)9-20-21-17-13-6-2-3-7-14(13)18-11-19-17/h1-9,11H,10H2,(H,22,23)(H,18,19,21)/p-1/b20-9-. The van der Waals surface area contributed by atoms with Crippen LogP contribution in [0.25, 0.3) is 10.9 Å². The van der Waals surface area contributed by atoms with E-state index in [1.807, 2.05) is 24.3 Å². The first-order valence-corrected chi connectivity index (χ1v) is 7.14. The Morgan fingerprint density at radius 2 is 1.96 bits per heavy atom. The van der Waals surface area contributed by atoms with Gasteiger partial charge in [-0.1, -0.05) is 24.3 Å². The average Bonchev–Trinajstić information content (AvgIpc) is 2.61. The number of carbonyl (C=O) groups excluding carboxylic acids is 1. The van der Waals surface area contributed by atoms with Crippen LogP contribution in [-0.4, -0.2) is 28.8 Å². The largest absolute Gasteiger partial charge is 0.546 e. The molecule has 24 heavy (non-hydrogen) atoms. The van der Waals surface area contributed by atoms with Gasteiger partial charge in [-0.05, 0) is 24.3 Å². The molecule has 0 atom stereocenters. The van der Waals surface area contributed by atoms with Gasteiger partial charge in [0.25, 0.3) is 0 Å². The monoisotopic (exact) mass is 321 g/mol. The number of fused-ring (bicyclic) bond motifs is 1. The summed E-state index contributed by atoms with van der Waals surface area (Å²) in [6.45, 7) is -0.519. The van der Waals surface area contributed by atoms with Gasteiger partial charge in [0.05, 0.1) is 17.7 Å². The topological polar surface area (TPSA) is 99.5 Å². The molecule has 0 aliphatic rings. The van der Waals surface area contributed by atoms with Gasteiger partial charge in [-0.2, -0.15) is 5.10 Å². The van der Waals surface area contributed by atoms with Crippen molar-refractivity contribution >= 4 is 28.9 Å². The number of carbonyl (C=O) groups is 1. The molecule has 0 aliphatic heterocycles. The van der Waals surface area contributed by atoms with Gasteiger partial charge in [-0.3, -0.25) is 5.43 Å². The highest BCUT2D eigenvalue weighted by atomic mass is 16.5. The van der Waals surface area contributed by atoms with Gasteiger partial charge in [0.1, 0.15) is 18.7 Å². The molecule has 0 spiro atoms. The number of nitrogens with one attached hydrogen (secondary N) is 1. The first kappa shape index (κ1) is 15.4. The third-order valence-electron chi connectivity index (χ3n) is 3.18. The van der Waals surface area contributed by atoms with Crippen molar-refractivity contribution in [3.8, 4) is 5.75 Å². The number of anilines is 1. The highest BCUT2D eigenvalue weighted by Gasteiger charge is 2.02. The minimum absolute atomic E-state index is 0.403. The predicted octanol–water partition coefficient (Wildman–Crippen LogP) is 1.20. The van der Waals surface area contributed by atoms with Gasteiger partial charge in [0.2, 0.25) is 0 Å². The number of carboxylic acids is 1. The third-order valence-corrected chi connectivity index (χ3v) is 3.18. The van der Waals surface area contributed by atoms with Crippen LogP contribution in [0.1, 0.15) is 5.56 Å². The highest BCUT2D eigenvalue weighted by Crippen LogP contribution is 2.19. The normalized spacial score (nSPS) is 10.8. The summed E-state index contributed by atoms with van der Waals surface area (Å²) in [7, 11) is 0. The van der Waals surface area contributed by atoms with Gasteiger partial charge < -0.3 is 14.6 Å². The molecule has 3 aromatic rings. The average molecular weight is 321 g/mol. The maximum absolute atomic E-state index is 10.5. The first-order chi connectivity index (χ1) is 11.7. The summed E-state index contributed by atoms with van der Waals surface area (Å²) in [5.41, 5.74) is 4.30. The van der Waals surface area contributed by atoms with Crippen molar-refractivity contribution in [2.75, 3.05) is 12.0 Å². The number of aromatic nitrogens is 2. The van der Waals surface area contributed by atoms with Crippen LogP contribution in [0.5, 0.6) is 5.75 Å². The predicted molar refractivity (Wildman–Crippen MR) is 87.7 cm³/mol.